The van der Waals surface area contributed by atoms with Crippen molar-refractivity contribution in [2.24, 2.45) is 0 Å². The highest BCUT2D eigenvalue weighted by atomic mass is 32.1. The second kappa shape index (κ2) is 7.00. The van der Waals surface area contributed by atoms with Crippen LogP contribution in [-0.4, -0.2) is 53.7 Å². The van der Waals surface area contributed by atoms with E-state index in [9.17, 15) is 9.59 Å². The van der Waals surface area contributed by atoms with Crippen molar-refractivity contribution in [1.82, 2.24) is 9.88 Å². The molecular weight excluding hydrogens is 296 g/mol. The fourth-order valence-electron chi connectivity index (χ4n) is 1.66. The number of carboxylic acid groups (broad SMARTS) is 1. The van der Waals surface area contributed by atoms with Crippen LogP contribution in [0.25, 0.3) is 10.8 Å². The monoisotopic (exact) mass is 310 g/mol. The number of furan rings is 1. The van der Waals surface area contributed by atoms with Crippen molar-refractivity contribution in [1.29, 1.82) is 0 Å². The van der Waals surface area contributed by atoms with Crippen LogP contribution in [0.15, 0.2) is 28.2 Å². The van der Waals surface area contributed by atoms with Gasteiger partial charge in [0, 0.05) is 19.0 Å². The van der Waals surface area contributed by atoms with Gasteiger partial charge in [-0.2, -0.15) is 0 Å². The van der Waals surface area contributed by atoms with Crippen LogP contribution in [-0.2, 0) is 9.53 Å². The maximum Gasteiger partial charge on any atom is 0.323 e. The molecule has 1 amide bonds. The summed E-state index contributed by atoms with van der Waals surface area (Å²) in [6.07, 6.45) is 1.52. The molecule has 0 aliphatic rings. The molecule has 0 saturated heterocycles. The zero-order chi connectivity index (χ0) is 15.2. The Kier molecular flexibility index (Phi) is 5.07. The molecule has 0 aliphatic heterocycles. The van der Waals surface area contributed by atoms with Gasteiger partial charge in [0.2, 0.25) is 0 Å². The van der Waals surface area contributed by atoms with Gasteiger partial charge in [-0.25, -0.2) is 4.98 Å². The van der Waals surface area contributed by atoms with Crippen LogP contribution >= 0.6 is 11.3 Å². The molecule has 1 N–H and O–H groups in total. The quantitative estimate of drug-likeness (QED) is 0.834. The van der Waals surface area contributed by atoms with Gasteiger partial charge in [0.1, 0.15) is 12.2 Å². The van der Waals surface area contributed by atoms with E-state index in [2.05, 4.69) is 4.98 Å². The molecule has 112 valence electrons. The minimum absolute atomic E-state index is 0.190. The summed E-state index contributed by atoms with van der Waals surface area (Å²) in [4.78, 5) is 28.5. The first kappa shape index (κ1) is 15.2. The summed E-state index contributed by atoms with van der Waals surface area (Å²) < 4.78 is 10.1. The first-order valence-electron chi connectivity index (χ1n) is 6.11. The average molecular weight is 310 g/mol. The fraction of sp³-hybridized carbons (Fsp3) is 0.308. The van der Waals surface area contributed by atoms with Crippen molar-refractivity contribution < 1.29 is 23.8 Å². The molecule has 0 atom stereocenters. The van der Waals surface area contributed by atoms with Crippen LogP contribution < -0.4 is 0 Å². The molecule has 7 nitrogen and oxygen atoms in total. The third kappa shape index (κ3) is 3.89. The average Bonchev–Trinajstić information content (AvgIpc) is 3.11. The third-order valence-corrected chi connectivity index (χ3v) is 3.49. The predicted octanol–water partition coefficient (Wildman–Crippen LogP) is 1.58. The highest BCUT2D eigenvalue weighted by molar-refractivity contribution is 7.13. The van der Waals surface area contributed by atoms with E-state index in [1.807, 2.05) is 0 Å². The summed E-state index contributed by atoms with van der Waals surface area (Å²) in [6, 6.07) is 3.47. The Morgan fingerprint density at radius 2 is 2.33 bits per heavy atom. The molecule has 0 fully saturated rings. The number of ether oxygens (including phenoxy) is 1. The van der Waals surface area contributed by atoms with Crippen molar-refractivity contribution in [3.8, 4) is 10.8 Å². The van der Waals surface area contributed by atoms with Gasteiger partial charge < -0.3 is 19.2 Å². The van der Waals surface area contributed by atoms with Gasteiger partial charge in [-0.3, -0.25) is 9.59 Å². The fourth-order valence-corrected chi connectivity index (χ4v) is 2.42. The van der Waals surface area contributed by atoms with Crippen molar-refractivity contribution in [3.05, 3.63) is 29.5 Å². The lowest BCUT2D eigenvalue weighted by Crippen LogP contribution is -2.38. The van der Waals surface area contributed by atoms with Crippen LogP contribution in [0.1, 0.15) is 10.5 Å². The number of carboxylic acids is 1. The van der Waals surface area contributed by atoms with Crippen molar-refractivity contribution in [2.45, 2.75) is 0 Å². The highest BCUT2D eigenvalue weighted by Gasteiger charge is 2.21. The lowest BCUT2D eigenvalue weighted by molar-refractivity contribution is -0.137. The van der Waals surface area contributed by atoms with E-state index in [1.54, 1.807) is 17.5 Å². The Bertz CT molecular complexity index is 608. The summed E-state index contributed by atoms with van der Waals surface area (Å²) in [7, 11) is 1.49. The first-order valence-corrected chi connectivity index (χ1v) is 6.99. The standard InChI is InChI=1S/C13H14N2O5S/c1-19-6-4-15(7-11(16)17)13(18)9-8-21-12(14-9)10-3-2-5-20-10/h2-3,5,8H,4,6-7H2,1H3,(H,16,17). The summed E-state index contributed by atoms with van der Waals surface area (Å²) in [5.74, 6) is -0.954. The van der Waals surface area contributed by atoms with Gasteiger partial charge in [-0.15, -0.1) is 11.3 Å². The summed E-state index contributed by atoms with van der Waals surface area (Å²) in [5.41, 5.74) is 0.198. The molecule has 0 radical (unpaired) electrons. The molecule has 0 unspecified atom stereocenters. The Hall–Kier alpha value is -2.19. The van der Waals surface area contributed by atoms with Gasteiger partial charge in [0.15, 0.2) is 10.8 Å². The van der Waals surface area contributed by atoms with Gasteiger partial charge in [0.05, 0.1) is 12.9 Å². The van der Waals surface area contributed by atoms with E-state index in [-0.39, 0.29) is 18.8 Å². The normalized spacial score (nSPS) is 10.5. The number of nitrogens with zero attached hydrogens (tertiary/aromatic N) is 2. The topological polar surface area (TPSA) is 92.9 Å². The van der Waals surface area contributed by atoms with Crippen molar-refractivity contribution in [3.63, 3.8) is 0 Å². The summed E-state index contributed by atoms with van der Waals surface area (Å²) in [6.45, 7) is 0.0548. The maximum atomic E-state index is 12.3. The zero-order valence-electron chi connectivity index (χ0n) is 11.3. The maximum absolute atomic E-state index is 12.3. The summed E-state index contributed by atoms with van der Waals surface area (Å²) in [5, 5.41) is 11.0. The molecule has 0 aliphatic carbocycles. The van der Waals surface area contributed by atoms with Crippen LogP contribution in [0.3, 0.4) is 0 Å². The number of hydrogen-bond donors (Lipinski definition) is 1. The van der Waals surface area contributed by atoms with Crippen LogP contribution in [0.4, 0.5) is 0 Å². The number of aromatic nitrogens is 1. The number of carbonyl (C=O) groups excluding carboxylic acids is 1. The van der Waals surface area contributed by atoms with Crippen molar-refractivity contribution in [2.75, 3.05) is 26.8 Å². The third-order valence-electron chi connectivity index (χ3n) is 2.63. The van der Waals surface area contributed by atoms with E-state index in [0.717, 1.165) is 0 Å². The van der Waals surface area contributed by atoms with Gasteiger partial charge in [0.25, 0.3) is 5.91 Å². The number of hydrogen-bond acceptors (Lipinski definition) is 6. The minimum atomic E-state index is -1.08. The van der Waals surface area contributed by atoms with Gasteiger partial charge >= 0.3 is 5.97 Å². The zero-order valence-corrected chi connectivity index (χ0v) is 12.1. The van der Waals surface area contributed by atoms with Gasteiger partial charge in [-0.05, 0) is 12.1 Å². The predicted molar refractivity (Wildman–Crippen MR) is 75.2 cm³/mol. The second-order valence-electron chi connectivity index (χ2n) is 4.13. The largest absolute Gasteiger partial charge is 0.480 e. The number of methoxy groups -OCH3 is 1. The Morgan fingerprint density at radius 3 is 2.95 bits per heavy atom. The minimum Gasteiger partial charge on any atom is -0.480 e. The Morgan fingerprint density at radius 1 is 1.52 bits per heavy atom. The summed E-state index contributed by atoms with van der Waals surface area (Å²) >= 11 is 1.26. The molecule has 21 heavy (non-hydrogen) atoms. The Balaban J connectivity index is 2.14. The molecule has 2 aromatic heterocycles. The molecular formula is C13H14N2O5S. The van der Waals surface area contributed by atoms with Crippen molar-refractivity contribution >= 4 is 23.2 Å². The molecule has 8 heteroatoms. The molecule has 0 aromatic carbocycles. The SMILES string of the molecule is COCCN(CC(=O)O)C(=O)c1csc(-c2ccco2)n1. The number of amides is 1. The number of thiazole rings is 1. The van der Waals surface area contributed by atoms with E-state index < -0.39 is 18.4 Å². The van der Waals surface area contributed by atoms with E-state index in [1.165, 1.54) is 29.6 Å². The molecule has 0 spiro atoms. The Labute approximate surface area is 124 Å². The smallest absolute Gasteiger partial charge is 0.323 e. The second-order valence-corrected chi connectivity index (χ2v) is 4.99. The lowest BCUT2D eigenvalue weighted by atomic mass is 10.3. The number of carbonyl (C=O) groups is 2. The molecule has 2 heterocycles. The van der Waals surface area contributed by atoms with Gasteiger partial charge in [-0.1, -0.05) is 0 Å². The molecule has 0 bridgehead atoms. The van der Waals surface area contributed by atoms with Crippen LogP contribution in [0.2, 0.25) is 0 Å². The molecule has 2 rings (SSSR count). The van der Waals surface area contributed by atoms with E-state index in [4.69, 9.17) is 14.3 Å². The highest BCUT2D eigenvalue weighted by Crippen LogP contribution is 2.24. The lowest BCUT2D eigenvalue weighted by Gasteiger charge is -2.18. The van der Waals surface area contributed by atoms with Crippen LogP contribution in [0.5, 0.6) is 0 Å². The van der Waals surface area contributed by atoms with E-state index in [0.29, 0.717) is 10.8 Å². The first-order chi connectivity index (χ1) is 10.1. The molecule has 2 aromatic rings. The number of aliphatic carboxylic acids is 1. The van der Waals surface area contributed by atoms with E-state index >= 15 is 0 Å². The number of rotatable bonds is 7. The van der Waals surface area contributed by atoms with Crippen LogP contribution in [0, 0.1) is 0 Å². The molecule has 0 saturated carbocycles.